The Morgan fingerprint density at radius 3 is 2.95 bits per heavy atom. The van der Waals surface area contributed by atoms with Crippen molar-refractivity contribution in [1.82, 2.24) is 10.3 Å². The van der Waals surface area contributed by atoms with Crippen LogP contribution in [0.3, 0.4) is 0 Å². The van der Waals surface area contributed by atoms with Crippen molar-refractivity contribution in [3.05, 3.63) is 44.9 Å². The van der Waals surface area contributed by atoms with Crippen LogP contribution in [0.2, 0.25) is 5.02 Å². The molecule has 0 fully saturated rings. The van der Waals surface area contributed by atoms with Gasteiger partial charge in [0.25, 0.3) is 0 Å². The van der Waals surface area contributed by atoms with Crippen molar-refractivity contribution >= 4 is 22.9 Å². The standard InChI is InChI=1S/C15H19ClN2O2S/c1-11-18-14(10-21-11)9-20-15-4-3-13(16)7-12(15)8-17-5-6-19-2/h3-4,7,10,17H,5-6,8-9H2,1-2H3. The summed E-state index contributed by atoms with van der Waals surface area (Å²) in [6, 6.07) is 5.65. The number of thiazole rings is 1. The van der Waals surface area contributed by atoms with Crippen LogP contribution in [-0.2, 0) is 17.9 Å². The van der Waals surface area contributed by atoms with Gasteiger partial charge in [-0.15, -0.1) is 11.3 Å². The summed E-state index contributed by atoms with van der Waals surface area (Å²) in [6.07, 6.45) is 0. The number of halogens is 1. The molecule has 4 nitrogen and oxygen atoms in total. The van der Waals surface area contributed by atoms with Crippen LogP contribution in [0.15, 0.2) is 23.6 Å². The quantitative estimate of drug-likeness (QED) is 0.755. The molecule has 0 saturated carbocycles. The average molecular weight is 327 g/mol. The van der Waals surface area contributed by atoms with Crippen LogP contribution in [0.5, 0.6) is 5.75 Å². The topological polar surface area (TPSA) is 43.4 Å². The van der Waals surface area contributed by atoms with E-state index < -0.39 is 0 Å². The molecular formula is C15H19ClN2O2S. The van der Waals surface area contributed by atoms with E-state index in [4.69, 9.17) is 21.1 Å². The maximum absolute atomic E-state index is 6.06. The number of hydrogen-bond donors (Lipinski definition) is 1. The fourth-order valence-corrected chi connectivity index (χ4v) is 2.64. The van der Waals surface area contributed by atoms with E-state index >= 15 is 0 Å². The molecular weight excluding hydrogens is 308 g/mol. The first-order valence-corrected chi connectivity index (χ1v) is 7.96. The van der Waals surface area contributed by atoms with Gasteiger partial charge in [-0.25, -0.2) is 4.98 Å². The van der Waals surface area contributed by atoms with Crippen molar-refractivity contribution in [2.24, 2.45) is 0 Å². The molecule has 0 atom stereocenters. The summed E-state index contributed by atoms with van der Waals surface area (Å²) in [4.78, 5) is 4.39. The Kier molecular flexibility index (Phi) is 6.45. The predicted molar refractivity (Wildman–Crippen MR) is 86.2 cm³/mol. The molecule has 0 aliphatic rings. The van der Waals surface area contributed by atoms with E-state index in [1.54, 1.807) is 18.4 Å². The third-order valence-electron chi connectivity index (χ3n) is 2.86. The van der Waals surface area contributed by atoms with E-state index in [1.165, 1.54) is 0 Å². The van der Waals surface area contributed by atoms with Gasteiger partial charge in [-0.2, -0.15) is 0 Å². The van der Waals surface area contributed by atoms with Crippen molar-refractivity contribution < 1.29 is 9.47 Å². The molecule has 6 heteroatoms. The first-order chi connectivity index (χ1) is 10.2. The molecule has 2 aromatic rings. The molecule has 2 rings (SSSR count). The zero-order valence-corrected chi connectivity index (χ0v) is 13.8. The lowest BCUT2D eigenvalue weighted by Crippen LogP contribution is -2.19. The van der Waals surface area contributed by atoms with Crippen molar-refractivity contribution in [3.63, 3.8) is 0 Å². The molecule has 0 unspecified atom stereocenters. The molecule has 0 aliphatic heterocycles. The molecule has 0 saturated heterocycles. The molecule has 0 radical (unpaired) electrons. The molecule has 0 aliphatic carbocycles. The lowest BCUT2D eigenvalue weighted by atomic mass is 10.2. The summed E-state index contributed by atoms with van der Waals surface area (Å²) in [6.45, 7) is 4.61. The van der Waals surface area contributed by atoms with E-state index in [0.29, 0.717) is 24.8 Å². The Morgan fingerprint density at radius 1 is 1.38 bits per heavy atom. The largest absolute Gasteiger partial charge is 0.487 e. The Hall–Kier alpha value is -1.14. The van der Waals surface area contributed by atoms with Crippen LogP contribution < -0.4 is 10.1 Å². The predicted octanol–water partition coefficient (Wildman–Crippen LogP) is 3.42. The van der Waals surface area contributed by atoms with Gasteiger partial charge < -0.3 is 14.8 Å². The smallest absolute Gasteiger partial charge is 0.131 e. The minimum Gasteiger partial charge on any atom is -0.487 e. The fourth-order valence-electron chi connectivity index (χ4n) is 1.85. The van der Waals surface area contributed by atoms with Crippen LogP contribution >= 0.6 is 22.9 Å². The summed E-state index contributed by atoms with van der Waals surface area (Å²) < 4.78 is 10.9. The minimum atomic E-state index is 0.469. The molecule has 0 amide bonds. The fraction of sp³-hybridized carbons (Fsp3) is 0.400. The second kappa shape index (κ2) is 8.34. The van der Waals surface area contributed by atoms with Crippen molar-refractivity contribution in [2.45, 2.75) is 20.1 Å². The average Bonchev–Trinajstić information content (AvgIpc) is 2.88. The zero-order chi connectivity index (χ0) is 15.1. The molecule has 1 N–H and O–H groups in total. The second-order valence-corrected chi connectivity index (χ2v) is 6.07. The van der Waals surface area contributed by atoms with Gasteiger partial charge >= 0.3 is 0 Å². The van der Waals surface area contributed by atoms with E-state index in [-0.39, 0.29) is 0 Å². The Labute approximate surface area is 134 Å². The molecule has 114 valence electrons. The van der Waals surface area contributed by atoms with E-state index in [1.807, 2.05) is 30.5 Å². The second-order valence-electron chi connectivity index (χ2n) is 4.57. The van der Waals surface area contributed by atoms with Crippen LogP contribution in [-0.4, -0.2) is 25.2 Å². The monoisotopic (exact) mass is 326 g/mol. The first-order valence-electron chi connectivity index (χ1n) is 6.71. The number of benzene rings is 1. The molecule has 1 heterocycles. The van der Waals surface area contributed by atoms with E-state index in [0.717, 1.165) is 28.6 Å². The van der Waals surface area contributed by atoms with Crippen LogP contribution in [0.1, 0.15) is 16.3 Å². The number of hydrogen-bond acceptors (Lipinski definition) is 5. The van der Waals surface area contributed by atoms with E-state index in [2.05, 4.69) is 10.3 Å². The number of aromatic nitrogens is 1. The maximum Gasteiger partial charge on any atom is 0.131 e. The van der Waals surface area contributed by atoms with E-state index in [9.17, 15) is 0 Å². The summed E-state index contributed by atoms with van der Waals surface area (Å²) in [5.41, 5.74) is 1.98. The molecule has 1 aromatic heterocycles. The number of nitrogens with one attached hydrogen (secondary N) is 1. The Balaban J connectivity index is 1.97. The number of rotatable bonds is 8. The Bertz CT molecular complexity index is 575. The lowest BCUT2D eigenvalue weighted by Gasteiger charge is -2.12. The van der Waals surface area contributed by atoms with Gasteiger partial charge in [0.1, 0.15) is 12.4 Å². The summed E-state index contributed by atoms with van der Waals surface area (Å²) in [5, 5.41) is 7.06. The van der Waals surface area contributed by atoms with Crippen molar-refractivity contribution in [2.75, 3.05) is 20.3 Å². The highest BCUT2D eigenvalue weighted by Gasteiger charge is 2.06. The lowest BCUT2D eigenvalue weighted by molar-refractivity contribution is 0.199. The van der Waals surface area contributed by atoms with Gasteiger partial charge in [0, 0.05) is 36.2 Å². The Morgan fingerprint density at radius 2 is 2.24 bits per heavy atom. The molecule has 21 heavy (non-hydrogen) atoms. The van der Waals surface area contributed by atoms with Crippen molar-refractivity contribution in [1.29, 1.82) is 0 Å². The molecule has 0 bridgehead atoms. The normalized spacial score (nSPS) is 10.8. The molecule has 0 spiro atoms. The van der Waals surface area contributed by atoms with Gasteiger partial charge in [0.05, 0.1) is 17.3 Å². The third-order valence-corrected chi connectivity index (χ3v) is 3.92. The highest BCUT2D eigenvalue weighted by molar-refractivity contribution is 7.09. The van der Waals surface area contributed by atoms with Gasteiger partial charge in [-0.1, -0.05) is 11.6 Å². The summed E-state index contributed by atoms with van der Waals surface area (Å²) in [5.74, 6) is 0.829. The number of nitrogens with zero attached hydrogens (tertiary/aromatic N) is 1. The summed E-state index contributed by atoms with van der Waals surface area (Å²) >= 11 is 7.69. The van der Waals surface area contributed by atoms with Gasteiger partial charge in [0.2, 0.25) is 0 Å². The van der Waals surface area contributed by atoms with Crippen LogP contribution in [0.25, 0.3) is 0 Å². The number of methoxy groups -OCH3 is 1. The van der Waals surface area contributed by atoms with Gasteiger partial charge in [-0.3, -0.25) is 0 Å². The minimum absolute atomic E-state index is 0.469. The van der Waals surface area contributed by atoms with Gasteiger partial charge in [0.15, 0.2) is 0 Å². The maximum atomic E-state index is 6.06. The van der Waals surface area contributed by atoms with Crippen LogP contribution in [0, 0.1) is 6.92 Å². The first kappa shape index (κ1) is 16.2. The number of aryl methyl sites for hydroxylation is 1. The highest BCUT2D eigenvalue weighted by Crippen LogP contribution is 2.24. The summed E-state index contributed by atoms with van der Waals surface area (Å²) in [7, 11) is 1.69. The zero-order valence-electron chi connectivity index (χ0n) is 12.2. The van der Waals surface area contributed by atoms with Gasteiger partial charge in [-0.05, 0) is 25.1 Å². The number of ether oxygens (including phenoxy) is 2. The molecule has 1 aromatic carbocycles. The van der Waals surface area contributed by atoms with Crippen LogP contribution in [0.4, 0.5) is 0 Å². The van der Waals surface area contributed by atoms with Crippen molar-refractivity contribution in [3.8, 4) is 5.75 Å². The SMILES string of the molecule is COCCNCc1cc(Cl)ccc1OCc1csc(C)n1. The third kappa shape index (κ3) is 5.28. The highest BCUT2D eigenvalue weighted by atomic mass is 35.5.